The van der Waals surface area contributed by atoms with Gasteiger partial charge < -0.3 is 18.9 Å². The Bertz CT molecular complexity index is 1110. The van der Waals surface area contributed by atoms with Gasteiger partial charge in [0.15, 0.2) is 0 Å². The van der Waals surface area contributed by atoms with E-state index in [0.717, 1.165) is 25.7 Å². The zero-order chi connectivity index (χ0) is 46.4. The van der Waals surface area contributed by atoms with Gasteiger partial charge in [0.2, 0.25) is 11.8 Å². The van der Waals surface area contributed by atoms with Crippen LogP contribution in [0.3, 0.4) is 0 Å². The Hall–Kier alpha value is 0.0197. The second-order valence-electron chi connectivity index (χ2n) is 18.4. The minimum absolute atomic E-state index is 0. The van der Waals surface area contributed by atoms with Gasteiger partial charge in [0.25, 0.3) is 0 Å². The van der Waals surface area contributed by atoms with Crippen LogP contribution >= 0.6 is 0 Å². The van der Waals surface area contributed by atoms with Gasteiger partial charge >= 0.3 is 37.7 Å². The Morgan fingerprint density at radius 3 is 0.683 bits per heavy atom. The van der Waals surface area contributed by atoms with Gasteiger partial charge in [0, 0.05) is 51.5 Å². The van der Waals surface area contributed by atoms with E-state index in [1.807, 2.05) is 0 Å². The van der Waals surface area contributed by atoms with Crippen LogP contribution in [0.5, 0.6) is 0 Å². The molecule has 0 unspecified atom stereocenters. The number of carbonyl (C=O) groups is 2. The largest absolute Gasteiger partial charge is 2.00 e. The fourth-order valence-corrected chi connectivity index (χ4v) is 8.91. The molecule has 10 nitrogen and oxygen atoms in total. The van der Waals surface area contributed by atoms with E-state index in [9.17, 15) is 35.5 Å². The molecule has 0 atom stereocenters. The molecule has 0 radical (unpaired) electrons. The fourth-order valence-electron chi connectivity index (χ4n) is 7.94. The Morgan fingerprint density at radius 1 is 0.333 bits per heavy atom. The van der Waals surface area contributed by atoms with Gasteiger partial charge in [-0.3, -0.25) is 9.59 Å². The number of nitrogens with zero attached hydrogens (tertiary/aromatic N) is 2. The van der Waals surface area contributed by atoms with Gasteiger partial charge in [-0.15, -0.1) is 0 Å². The van der Waals surface area contributed by atoms with Crippen molar-refractivity contribution in [2.45, 2.75) is 271 Å². The quantitative estimate of drug-likeness (QED) is 0.0332. The van der Waals surface area contributed by atoms with Crippen molar-refractivity contribution in [2.24, 2.45) is 0 Å². The predicted octanol–water partition coefficient (Wildman–Crippen LogP) is 13.2. The number of unbranched alkanes of at least 4 members (excludes halogenated alkanes) is 34. The second-order valence-corrected chi connectivity index (χ2v) is 21.4. The fraction of sp³-hybridized carbons (Fsp3) is 0.960. The van der Waals surface area contributed by atoms with E-state index in [1.54, 1.807) is 23.9 Å². The first-order valence-electron chi connectivity index (χ1n) is 26.1. The van der Waals surface area contributed by atoms with E-state index in [1.165, 1.54) is 205 Å². The molecule has 63 heavy (non-hydrogen) atoms. The molecule has 0 heterocycles. The Labute approximate surface area is 421 Å². The molecule has 0 N–H and O–H groups in total. The van der Waals surface area contributed by atoms with Crippen LogP contribution in [0.15, 0.2) is 0 Å². The van der Waals surface area contributed by atoms with E-state index in [0.29, 0.717) is 25.9 Å². The van der Waals surface area contributed by atoms with Crippen LogP contribution in [0.25, 0.3) is 0 Å². The van der Waals surface area contributed by atoms with Gasteiger partial charge in [-0.05, 0) is 25.7 Å². The van der Waals surface area contributed by atoms with Gasteiger partial charge in [-0.1, -0.05) is 232 Å². The van der Waals surface area contributed by atoms with Crippen LogP contribution < -0.4 is 0 Å². The summed E-state index contributed by atoms with van der Waals surface area (Å²) in [6.07, 6.45) is 49.2. The van der Waals surface area contributed by atoms with Crippen molar-refractivity contribution in [3.63, 3.8) is 0 Å². The topological polar surface area (TPSA) is 155 Å². The van der Waals surface area contributed by atoms with Crippen molar-refractivity contribution in [1.82, 2.24) is 9.80 Å². The second kappa shape index (κ2) is 49.9. The molecule has 0 aliphatic heterocycles. The molecule has 0 aromatic carbocycles. The van der Waals surface area contributed by atoms with Crippen LogP contribution in [0.2, 0.25) is 0 Å². The van der Waals surface area contributed by atoms with E-state index < -0.39 is 31.7 Å². The van der Waals surface area contributed by atoms with Gasteiger partial charge in [0.05, 0.1) is 20.2 Å². The predicted molar refractivity (Wildman–Crippen MR) is 266 cm³/mol. The zero-order valence-corrected chi connectivity index (χ0v) is 45.6. The van der Waals surface area contributed by atoms with Crippen molar-refractivity contribution in [1.29, 1.82) is 0 Å². The average Bonchev–Trinajstić information content (AvgIpc) is 3.21. The average molecular weight is 962 g/mol. The van der Waals surface area contributed by atoms with Gasteiger partial charge in [-0.25, -0.2) is 16.8 Å². The number of rotatable bonds is 46. The third kappa shape index (κ3) is 58.1. The third-order valence-corrected chi connectivity index (χ3v) is 13.7. The van der Waals surface area contributed by atoms with Crippen LogP contribution in [-0.4, -0.2) is 124 Å². The molecule has 0 spiro atoms. The number of amides is 2. The smallest absolute Gasteiger partial charge is 0.748 e. The normalized spacial score (nSPS) is 11.5. The first-order valence-corrected chi connectivity index (χ1v) is 29.2. The molecule has 2 amide bonds. The molecule has 0 rings (SSSR count). The maximum atomic E-state index is 12.0. The Morgan fingerprint density at radius 2 is 0.508 bits per heavy atom. The maximum Gasteiger partial charge on any atom is 2.00 e. The van der Waals surface area contributed by atoms with Crippen LogP contribution in [0.4, 0.5) is 0 Å². The van der Waals surface area contributed by atoms with Gasteiger partial charge in [-0.2, -0.15) is 0 Å². The summed E-state index contributed by atoms with van der Waals surface area (Å²) >= 11 is 0. The molecule has 0 aromatic heterocycles. The van der Waals surface area contributed by atoms with Gasteiger partial charge in [0.1, 0.15) is 0 Å². The summed E-state index contributed by atoms with van der Waals surface area (Å²) in [7, 11) is -5.01. The molecule has 0 saturated carbocycles. The summed E-state index contributed by atoms with van der Waals surface area (Å²) in [5, 5.41) is 0. The van der Waals surface area contributed by atoms with Crippen LogP contribution in [0, 0.1) is 0 Å². The minimum atomic E-state index is -4.18. The van der Waals surface area contributed by atoms with Crippen molar-refractivity contribution in [3.8, 4) is 0 Å². The SMILES string of the molecule is CCCCCCCCCCCCCCCCCCCCC(=O)N(C)CCCS(=O)(=O)[O-].CCCCCCCCCCCCCCCCCCCCC(=O)N(C)CCCS(=O)(=O)[O-].[Ca+2]. The Kier molecular flexibility index (Phi) is 53.3. The number of hydrogen-bond acceptors (Lipinski definition) is 8. The monoisotopic (exact) mass is 961 g/mol. The summed E-state index contributed by atoms with van der Waals surface area (Å²) in [4.78, 5) is 27.0. The first-order chi connectivity index (χ1) is 29.7. The van der Waals surface area contributed by atoms with E-state index in [4.69, 9.17) is 0 Å². The number of carbonyl (C=O) groups excluding carboxylic acids is 2. The standard InChI is InChI=1S/2C25H51NO4S.Ca/c2*1-3-4-5-6-7-8-9-10-11-12-13-14-15-16-17-18-19-20-22-25(27)26(2)23-21-24-31(28,29)30;/h2*3-24H2,1-2H3,(H,28,29,30);/q;;+2/p-2. The van der Waals surface area contributed by atoms with E-state index >= 15 is 0 Å². The first kappa shape index (κ1) is 67.3. The Balaban J connectivity index is -0.00000112. The summed E-state index contributed by atoms with van der Waals surface area (Å²) < 4.78 is 63.5. The molecular formula is C50H100CaN2O8S2. The van der Waals surface area contributed by atoms with Crippen LogP contribution in [-0.2, 0) is 29.8 Å². The van der Waals surface area contributed by atoms with Crippen molar-refractivity contribution in [2.75, 3.05) is 38.7 Å². The maximum absolute atomic E-state index is 12.0. The summed E-state index contributed by atoms with van der Waals surface area (Å²) in [5.41, 5.74) is 0. The third-order valence-electron chi connectivity index (χ3n) is 12.1. The van der Waals surface area contributed by atoms with Crippen LogP contribution in [0.1, 0.15) is 271 Å². The van der Waals surface area contributed by atoms with Crippen molar-refractivity contribution >= 4 is 69.8 Å². The summed E-state index contributed by atoms with van der Waals surface area (Å²) in [5.74, 6) is -0.715. The molecule has 372 valence electrons. The number of hydrogen-bond donors (Lipinski definition) is 0. The minimum Gasteiger partial charge on any atom is -0.748 e. The summed E-state index contributed by atoms with van der Waals surface area (Å²) in [6, 6.07) is 0. The summed E-state index contributed by atoms with van der Waals surface area (Å²) in [6.45, 7) is 5.21. The zero-order valence-electron chi connectivity index (χ0n) is 41.8. The molecule has 13 heteroatoms. The van der Waals surface area contributed by atoms with Crippen molar-refractivity contribution in [3.05, 3.63) is 0 Å². The van der Waals surface area contributed by atoms with Crippen molar-refractivity contribution < 1.29 is 35.5 Å². The van der Waals surface area contributed by atoms with E-state index in [-0.39, 0.29) is 62.4 Å². The molecule has 0 aliphatic rings. The van der Waals surface area contributed by atoms with E-state index in [2.05, 4.69) is 13.8 Å². The molecule has 0 bridgehead atoms. The molecule has 0 saturated heterocycles. The molecule has 0 fully saturated rings. The molecule has 0 aliphatic carbocycles. The molecule has 0 aromatic rings. The molecular weight excluding hydrogens is 861 g/mol.